The van der Waals surface area contributed by atoms with Gasteiger partial charge in [-0.3, -0.25) is 4.79 Å². The molecule has 0 amide bonds. The molecule has 0 unspecified atom stereocenters. The van der Waals surface area contributed by atoms with E-state index < -0.39 is 0 Å². The molecule has 0 aromatic rings. The lowest BCUT2D eigenvalue weighted by Crippen LogP contribution is -1.92. The molecule has 0 atom stereocenters. The van der Waals surface area contributed by atoms with Crippen LogP contribution >= 0.6 is 0 Å². The first-order valence-corrected chi connectivity index (χ1v) is 5.70. The van der Waals surface area contributed by atoms with Crippen LogP contribution in [0.4, 0.5) is 0 Å². The van der Waals surface area contributed by atoms with E-state index in [0.717, 1.165) is 37.0 Å². The number of carbonyl (C=O) groups excluding carboxylic acids is 1. The monoisotopic (exact) mass is 196 g/mol. The Kier molecular flexibility index (Phi) is 7.45. The van der Waals surface area contributed by atoms with Gasteiger partial charge in [0.2, 0.25) is 0 Å². The SMILES string of the molecule is CC(C)CCC=C(C=O)CCC(C)C. The van der Waals surface area contributed by atoms with Gasteiger partial charge in [0, 0.05) is 0 Å². The van der Waals surface area contributed by atoms with Gasteiger partial charge in [0.15, 0.2) is 0 Å². The molecule has 0 aromatic carbocycles. The second-order valence-electron chi connectivity index (χ2n) is 4.80. The van der Waals surface area contributed by atoms with E-state index in [2.05, 4.69) is 33.8 Å². The van der Waals surface area contributed by atoms with Gasteiger partial charge < -0.3 is 0 Å². The van der Waals surface area contributed by atoms with E-state index in [9.17, 15) is 4.79 Å². The van der Waals surface area contributed by atoms with Gasteiger partial charge in [-0.25, -0.2) is 0 Å². The summed E-state index contributed by atoms with van der Waals surface area (Å²) in [7, 11) is 0. The number of allylic oxidation sites excluding steroid dienone is 2. The topological polar surface area (TPSA) is 17.1 Å². The third-order valence-corrected chi connectivity index (χ3v) is 2.31. The predicted octanol–water partition coefficient (Wildman–Crippen LogP) is 3.98. The van der Waals surface area contributed by atoms with E-state index in [1.807, 2.05) is 0 Å². The third kappa shape index (κ3) is 8.03. The highest BCUT2D eigenvalue weighted by molar-refractivity contribution is 5.72. The van der Waals surface area contributed by atoms with Crippen LogP contribution in [0, 0.1) is 11.8 Å². The standard InChI is InChI=1S/C13H24O/c1-11(2)6-5-7-13(10-14)9-8-12(3)4/h7,10-12H,5-6,8-9H2,1-4H3. The van der Waals surface area contributed by atoms with E-state index >= 15 is 0 Å². The lowest BCUT2D eigenvalue weighted by atomic mass is 10.0. The van der Waals surface area contributed by atoms with Crippen molar-refractivity contribution >= 4 is 6.29 Å². The maximum atomic E-state index is 10.7. The van der Waals surface area contributed by atoms with Crippen LogP contribution in [-0.4, -0.2) is 6.29 Å². The minimum absolute atomic E-state index is 0.684. The van der Waals surface area contributed by atoms with Crippen molar-refractivity contribution in [2.75, 3.05) is 0 Å². The average Bonchev–Trinajstić information content (AvgIpc) is 2.10. The molecule has 0 heterocycles. The Morgan fingerprint density at radius 3 is 2.07 bits per heavy atom. The Hall–Kier alpha value is -0.590. The summed E-state index contributed by atoms with van der Waals surface area (Å²) in [6, 6.07) is 0. The zero-order valence-electron chi connectivity index (χ0n) is 10.0. The molecule has 0 radical (unpaired) electrons. The highest BCUT2D eigenvalue weighted by atomic mass is 16.1. The number of hydrogen-bond donors (Lipinski definition) is 0. The highest BCUT2D eigenvalue weighted by Gasteiger charge is 1.99. The molecule has 1 nitrogen and oxygen atoms in total. The first-order valence-electron chi connectivity index (χ1n) is 5.70. The molecule has 0 aliphatic heterocycles. The van der Waals surface area contributed by atoms with Crippen molar-refractivity contribution in [2.24, 2.45) is 11.8 Å². The van der Waals surface area contributed by atoms with Crippen LogP contribution in [0.15, 0.2) is 11.6 Å². The zero-order chi connectivity index (χ0) is 11.0. The summed E-state index contributed by atoms with van der Waals surface area (Å²) in [5.41, 5.74) is 0.986. The normalized spacial score (nSPS) is 12.6. The van der Waals surface area contributed by atoms with Crippen LogP contribution in [0.2, 0.25) is 0 Å². The maximum Gasteiger partial charge on any atom is 0.145 e. The van der Waals surface area contributed by atoms with Crippen LogP contribution in [-0.2, 0) is 4.79 Å². The summed E-state index contributed by atoms with van der Waals surface area (Å²) in [5, 5.41) is 0. The summed E-state index contributed by atoms with van der Waals surface area (Å²) in [6.45, 7) is 8.80. The first kappa shape index (κ1) is 13.4. The third-order valence-electron chi connectivity index (χ3n) is 2.31. The summed E-state index contributed by atoms with van der Waals surface area (Å²) in [4.78, 5) is 10.7. The summed E-state index contributed by atoms with van der Waals surface area (Å²) < 4.78 is 0. The van der Waals surface area contributed by atoms with Crippen LogP contribution < -0.4 is 0 Å². The molecule has 0 aromatic heterocycles. The van der Waals surface area contributed by atoms with Crippen LogP contribution in [0.1, 0.15) is 53.4 Å². The van der Waals surface area contributed by atoms with Gasteiger partial charge in [-0.05, 0) is 43.1 Å². The smallest absolute Gasteiger partial charge is 0.145 e. The zero-order valence-corrected chi connectivity index (χ0v) is 10.0. The summed E-state index contributed by atoms with van der Waals surface area (Å²) >= 11 is 0. The van der Waals surface area contributed by atoms with E-state index in [0.29, 0.717) is 5.92 Å². The van der Waals surface area contributed by atoms with Gasteiger partial charge in [-0.15, -0.1) is 0 Å². The molecular formula is C13H24O. The summed E-state index contributed by atoms with van der Waals surface area (Å²) in [5.74, 6) is 1.41. The van der Waals surface area contributed by atoms with Crippen molar-refractivity contribution in [3.8, 4) is 0 Å². The van der Waals surface area contributed by atoms with Gasteiger partial charge in [0.05, 0.1) is 0 Å². The van der Waals surface area contributed by atoms with E-state index in [1.54, 1.807) is 0 Å². The highest BCUT2D eigenvalue weighted by Crippen LogP contribution is 2.12. The number of hydrogen-bond acceptors (Lipinski definition) is 1. The molecule has 0 N–H and O–H groups in total. The molecule has 0 bridgehead atoms. The summed E-state index contributed by atoms with van der Waals surface area (Å²) in [6.07, 6.45) is 7.41. The lowest BCUT2D eigenvalue weighted by molar-refractivity contribution is -0.105. The number of aldehydes is 1. The molecule has 0 fully saturated rings. The number of rotatable bonds is 7. The van der Waals surface area contributed by atoms with Crippen LogP contribution in [0.3, 0.4) is 0 Å². The Morgan fingerprint density at radius 1 is 1.07 bits per heavy atom. The molecule has 82 valence electrons. The van der Waals surface area contributed by atoms with Crippen molar-refractivity contribution in [3.05, 3.63) is 11.6 Å². The second kappa shape index (κ2) is 7.78. The van der Waals surface area contributed by atoms with Crippen molar-refractivity contribution in [3.63, 3.8) is 0 Å². The largest absolute Gasteiger partial charge is 0.298 e. The fourth-order valence-corrected chi connectivity index (χ4v) is 1.27. The molecule has 1 heteroatoms. The van der Waals surface area contributed by atoms with Crippen molar-refractivity contribution < 1.29 is 4.79 Å². The minimum atomic E-state index is 0.684. The van der Waals surface area contributed by atoms with E-state index in [-0.39, 0.29) is 0 Å². The molecule has 0 aliphatic rings. The van der Waals surface area contributed by atoms with Gasteiger partial charge >= 0.3 is 0 Å². The van der Waals surface area contributed by atoms with Crippen molar-refractivity contribution in [2.45, 2.75) is 53.4 Å². The van der Waals surface area contributed by atoms with Gasteiger partial charge in [0.1, 0.15) is 6.29 Å². The minimum Gasteiger partial charge on any atom is -0.298 e. The Balaban J connectivity index is 3.81. The van der Waals surface area contributed by atoms with Crippen LogP contribution in [0.25, 0.3) is 0 Å². The molecular weight excluding hydrogens is 172 g/mol. The predicted molar refractivity (Wildman–Crippen MR) is 62.3 cm³/mol. The Bertz CT molecular complexity index is 178. The van der Waals surface area contributed by atoms with Gasteiger partial charge in [-0.2, -0.15) is 0 Å². The quantitative estimate of drug-likeness (QED) is 0.444. The Morgan fingerprint density at radius 2 is 1.64 bits per heavy atom. The Labute approximate surface area is 88.6 Å². The molecule has 14 heavy (non-hydrogen) atoms. The fraction of sp³-hybridized carbons (Fsp3) is 0.769. The molecule has 0 spiro atoms. The molecule has 0 aliphatic carbocycles. The van der Waals surface area contributed by atoms with Gasteiger partial charge in [-0.1, -0.05) is 33.8 Å². The lowest BCUT2D eigenvalue weighted by Gasteiger charge is -2.04. The number of carbonyl (C=O) groups is 1. The molecule has 0 saturated heterocycles. The average molecular weight is 196 g/mol. The fourth-order valence-electron chi connectivity index (χ4n) is 1.27. The molecule has 0 saturated carbocycles. The van der Waals surface area contributed by atoms with E-state index in [4.69, 9.17) is 0 Å². The molecule has 0 rings (SSSR count). The van der Waals surface area contributed by atoms with Crippen LogP contribution in [0.5, 0.6) is 0 Å². The maximum absolute atomic E-state index is 10.7. The van der Waals surface area contributed by atoms with Gasteiger partial charge in [0.25, 0.3) is 0 Å². The van der Waals surface area contributed by atoms with Crippen molar-refractivity contribution in [1.29, 1.82) is 0 Å². The van der Waals surface area contributed by atoms with Crippen molar-refractivity contribution in [1.82, 2.24) is 0 Å². The first-order chi connectivity index (χ1) is 6.56. The second-order valence-corrected chi connectivity index (χ2v) is 4.80. The van der Waals surface area contributed by atoms with E-state index in [1.165, 1.54) is 6.42 Å².